The summed E-state index contributed by atoms with van der Waals surface area (Å²) in [6, 6.07) is 6.56. The molecule has 1 unspecified atom stereocenters. The summed E-state index contributed by atoms with van der Waals surface area (Å²) < 4.78 is 0. The number of rotatable bonds is 2. The molecule has 0 amide bonds. The Balaban J connectivity index is 2.39. The Hall–Kier alpha value is -1.67. The van der Waals surface area contributed by atoms with Crippen LogP contribution in [-0.2, 0) is 6.42 Å². The molecule has 0 N–H and O–H groups in total. The molecule has 0 saturated heterocycles. The van der Waals surface area contributed by atoms with Crippen molar-refractivity contribution in [2.24, 2.45) is 10.5 Å². The standard InChI is InChI=1S/C15H22N4/c1-15(2,3)10-11-5-6-14-12(9-11)13(17-18-16)7-8-19(14)4/h5-6,9,13H,7-8,10H2,1-4H3. The second-order valence-corrected chi connectivity index (χ2v) is 6.56. The smallest absolute Gasteiger partial charge is 0.0662 e. The van der Waals surface area contributed by atoms with E-state index in [1.165, 1.54) is 16.8 Å². The van der Waals surface area contributed by atoms with E-state index in [1.807, 2.05) is 0 Å². The van der Waals surface area contributed by atoms with Gasteiger partial charge >= 0.3 is 0 Å². The predicted molar refractivity (Wildman–Crippen MR) is 79.4 cm³/mol. The first-order valence-corrected chi connectivity index (χ1v) is 6.79. The molecule has 1 aromatic carbocycles. The molecule has 1 heterocycles. The SMILES string of the molecule is CN1CCC(N=[N+]=[N-])c2cc(CC(C)(C)C)ccc21. The lowest BCUT2D eigenvalue weighted by molar-refractivity contribution is 0.411. The summed E-state index contributed by atoms with van der Waals surface area (Å²) in [5.41, 5.74) is 12.7. The van der Waals surface area contributed by atoms with Crippen molar-refractivity contribution in [1.29, 1.82) is 0 Å². The molecule has 4 nitrogen and oxygen atoms in total. The maximum absolute atomic E-state index is 8.71. The van der Waals surface area contributed by atoms with E-state index in [-0.39, 0.29) is 11.5 Å². The minimum atomic E-state index is -0.0175. The zero-order valence-corrected chi connectivity index (χ0v) is 12.2. The summed E-state index contributed by atoms with van der Waals surface area (Å²) in [5, 5.41) is 3.95. The average Bonchev–Trinajstić information content (AvgIpc) is 2.31. The highest BCUT2D eigenvalue weighted by Gasteiger charge is 2.23. The van der Waals surface area contributed by atoms with E-state index < -0.39 is 0 Å². The number of hydrogen-bond acceptors (Lipinski definition) is 2. The highest BCUT2D eigenvalue weighted by Crippen LogP contribution is 2.37. The van der Waals surface area contributed by atoms with Crippen LogP contribution in [0.5, 0.6) is 0 Å². The van der Waals surface area contributed by atoms with Gasteiger partial charge in [-0.2, -0.15) is 0 Å². The number of fused-ring (bicyclic) bond motifs is 1. The van der Waals surface area contributed by atoms with Gasteiger partial charge in [0, 0.05) is 24.2 Å². The lowest BCUT2D eigenvalue weighted by Gasteiger charge is -2.32. The summed E-state index contributed by atoms with van der Waals surface area (Å²) in [6.45, 7) is 7.66. The molecule has 0 spiro atoms. The lowest BCUT2D eigenvalue weighted by atomic mass is 9.86. The summed E-state index contributed by atoms with van der Waals surface area (Å²) in [6.07, 6.45) is 1.93. The fraction of sp³-hybridized carbons (Fsp3) is 0.600. The molecule has 1 aromatic rings. The monoisotopic (exact) mass is 258 g/mol. The molecule has 0 bridgehead atoms. The van der Waals surface area contributed by atoms with Crippen LogP contribution in [0.1, 0.15) is 44.4 Å². The van der Waals surface area contributed by atoms with Crippen molar-refractivity contribution in [3.8, 4) is 0 Å². The molecule has 4 heteroatoms. The van der Waals surface area contributed by atoms with Crippen molar-refractivity contribution >= 4 is 5.69 Å². The molecular formula is C15H22N4. The van der Waals surface area contributed by atoms with Gasteiger partial charge in [-0.15, -0.1) is 0 Å². The van der Waals surface area contributed by atoms with Gasteiger partial charge in [-0.3, -0.25) is 0 Å². The first-order chi connectivity index (χ1) is 8.90. The molecule has 0 saturated carbocycles. The second-order valence-electron chi connectivity index (χ2n) is 6.56. The number of anilines is 1. The third-order valence-electron chi connectivity index (χ3n) is 3.53. The van der Waals surface area contributed by atoms with Gasteiger partial charge in [0.15, 0.2) is 0 Å². The minimum absolute atomic E-state index is 0.0175. The third kappa shape index (κ3) is 3.21. The highest BCUT2D eigenvalue weighted by atomic mass is 15.2. The van der Waals surface area contributed by atoms with Crippen LogP contribution >= 0.6 is 0 Å². The predicted octanol–water partition coefficient (Wildman–Crippen LogP) is 4.47. The van der Waals surface area contributed by atoms with Gasteiger partial charge in [0.1, 0.15) is 0 Å². The minimum Gasteiger partial charge on any atom is -0.374 e. The van der Waals surface area contributed by atoms with E-state index in [9.17, 15) is 0 Å². The van der Waals surface area contributed by atoms with Crippen molar-refractivity contribution < 1.29 is 0 Å². The molecule has 0 fully saturated rings. The van der Waals surface area contributed by atoms with Crippen molar-refractivity contribution in [2.75, 3.05) is 18.5 Å². The summed E-state index contributed by atoms with van der Waals surface area (Å²) in [5.74, 6) is 0. The van der Waals surface area contributed by atoms with Crippen LogP contribution in [0.25, 0.3) is 10.4 Å². The summed E-state index contributed by atoms with van der Waals surface area (Å²) >= 11 is 0. The Morgan fingerprint density at radius 2 is 2.16 bits per heavy atom. The summed E-state index contributed by atoms with van der Waals surface area (Å²) in [7, 11) is 2.09. The highest BCUT2D eigenvalue weighted by molar-refractivity contribution is 5.58. The molecule has 2 rings (SSSR count). The van der Waals surface area contributed by atoms with Crippen LogP contribution in [0.4, 0.5) is 5.69 Å². The van der Waals surface area contributed by atoms with E-state index in [1.54, 1.807) is 0 Å². The van der Waals surface area contributed by atoms with Gasteiger partial charge in [0.2, 0.25) is 0 Å². The molecule has 19 heavy (non-hydrogen) atoms. The van der Waals surface area contributed by atoms with Crippen LogP contribution in [0.3, 0.4) is 0 Å². The van der Waals surface area contributed by atoms with Crippen molar-refractivity contribution in [3.63, 3.8) is 0 Å². The molecule has 0 radical (unpaired) electrons. The number of hydrogen-bond donors (Lipinski definition) is 0. The Bertz CT molecular complexity index is 509. The van der Waals surface area contributed by atoms with Gasteiger partial charge in [-0.05, 0) is 41.0 Å². The zero-order valence-electron chi connectivity index (χ0n) is 12.2. The van der Waals surface area contributed by atoms with Crippen molar-refractivity contribution in [1.82, 2.24) is 0 Å². The Morgan fingerprint density at radius 1 is 1.42 bits per heavy atom. The topological polar surface area (TPSA) is 52.0 Å². The van der Waals surface area contributed by atoms with Crippen LogP contribution < -0.4 is 4.90 Å². The van der Waals surface area contributed by atoms with Crippen LogP contribution in [0, 0.1) is 5.41 Å². The van der Waals surface area contributed by atoms with Crippen molar-refractivity contribution in [3.05, 3.63) is 39.8 Å². The molecule has 0 aliphatic carbocycles. The van der Waals surface area contributed by atoms with Gasteiger partial charge in [-0.25, -0.2) is 0 Å². The Kier molecular flexibility index (Phi) is 3.72. The van der Waals surface area contributed by atoms with E-state index in [0.717, 1.165) is 19.4 Å². The van der Waals surface area contributed by atoms with E-state index >= 15 is 0 Å². The zero-order chi connectivity index (χ0) is 14.0. The normalized spacial score (nSPS) is 18.7. The maximum Gasteiger partial charge on any atom is 0.0662 e. The second kappa shape index (κ2) is 5.14. The third-order valence-corrected chi connectivity index (χ3v) is 3.53. The fourth-order valence-corrected chi connectivity index (χ4v) is 2.71. The van der Waals surface area contributed by atoms with Gasteiger partial charge < -0.3 is 4.90 Å². The molecule has 1 atom stereocenters. The van der Waals surface area contributed by atoms with Crippen LogP contribution in [-0.4, -0.2) is 13.6 Å². The lowest BCUT2D eigenvalue weighted by Crippen LogP contribution is -2.26. The quantitative estimate of drug-likeness (QED) is 0.438. The molecule has 102 valence electrons. The number of nitrogens with zero attached hydrogens (tertiary/aromatic N) is 4. The first-order valence-electron chi connectivity index (χ1n) is 6.79. The molecule has 1 aliphatic heterocycles. The summed E-state index contributed by atoms with van der Waals surface area (Å²) in [4.78, 5) is 5.23. The maximum atomic E-state index is 8.71. The van der Waals surface area contributed by atoms with E-state index in [0.29, 0.717) is 0 Å². The fourth-order valence-electron chi connectivity index (χ4n) is 2.71. The molecule has 0 aromatic heterocycles. The van der Waals surface area contributed by atoms with E-state index in [2.05, 4.69) is 60.9 Å². The van der Waals surface area contributed by atoms with Crippen LogP contribution in [0.15, 0.2) is 23.3 Å². The van der Waals surface area contributed by atoms with Gasteiger partial charge in [0.25, 0.3) is 0 Å². The van der Waals surface area contributed by atoms with E-state index in [4.69, 9.17) is 5.53 Å². The van der Waals surface area contributed by atoms with Gasteiger partial charge in [0.05, 0.1) is 6.04 Å². The number of benzene rings is 1. The van der Waals surface area contributed by atoms with Gasteiger partial charge in [-0.1, -0.05) is 38.0 Å². The number of azide groups is 1. The Morgan fingerprint density at radius 3 is 2.79 bits per heavy atom. The Labute approximate surface area is 115 Å². The largest absolute Gasteiger partial charge is 0.374 e. The first kappa shape index (κ1) is 13.8. The van der Waals surface area contributed by atoms with Crippen LogP contribution in [0.2, 0.25) is 0 Å². The molecule has 1 aliphatic rings. The average molecular weight is 258 g/mol. The van der Waals surface area contributed by atoms with Crippen molar-refractivity contribution in [2.45, 2.75) is 39.7 Å². The molecular weight excluding hydrogens is 236 g/mol.